The van der Waals surface area contributed by atoms with Crippen LogP contribution in [0.1, 0.15) is 17.2 Å². The molecular formula is C26H27N3O5S. The SMILES string of the molecule is CN(C)S(=O)(=O)c1ccc(OCCN2C(=O)C(c3ccccc3)N(Cc3ccccc3)C2=O)cc1. The Hall–Kier alpha value is -3.69. The van der Waals surface area contributed by atoms with E-state index in [4.69, 9.17) is 4.74 Å². The Morgan fingerprint density at radius 2 is 1.46 bits per heavy atom. The van der Waals surface area contributed by atoms with E-state index >= 15 is 0 Å². The van der Waals surface area contributed by atoms with Gasteiger partial charge in [-0.2, -0.15) is 0 Å². The van der Waals surface area contributed by atoms with Crippen molar-refractivity contribution in [3.63, 3.8) is 0 Å². The molecule has 0 spiro atoms. The molecule has 9 heteroatoms. The lowest BCUT2D eigenvalue weighted by molar-refractivity contribution is -0.128. The fourth-order valence-corrected chi connectivity index (χ4v) is 4.82. The molecule has 4 rings (SSSR count). The maximum atomic E-state index is 13.3. The number of nitrogens with zero attached hydrogens (tertiary/aromatic N) is 3. The summed E-state index contributed by atoms with van der Waals surface area (Å²) in [5.41, 5.74) is 1.68. The summed E-state index contributed by atoms with van der Waals surface area (Å²) in [4.78, 5) is 29.5. The van der Waals surface area contributed by atoms with Crippen LogP contribution in [0, 0.1) is 0 Å². The second-order valence-electron chi connectivity index (χ2n) is 8.31. The van der Waals surface area contributed by atoms with Crippen molar-refractivity contribution < 1.29 is 22.7 Å². The van der Waals surface area contributed by atoms with Gasteiger partial charge in [0, 0.05) is 20.6 Å². The van der Waals surface area contributed by atoms with Crippen molar-refractivity contribution in [1.82, 2.24) is 14.1 Å². The number of rotatable bonds is 9. The highest BCUT2D eigenvalue weighted by Gasteiger charge is 2.45. The molecule has 182 valence electrons. The van der Waals surface area contributed by atoms with Crippen LogP contribution in [0.4, 0.5) is 4.79 Å². The molecule has 1 saturated heterocycles. The number of hydrogen-bond donors (Lipinski definition) is 0. The van der Waals surface area contributed by atoms with Gasteiger partial charge in [-0.15, -0.1) is 0 Å². The van der Waals surface area contributed by atoms with Crippen LogP contribution < -0.4 is 4.74 Å². The molecule has 1 atom stereocenters. The average molecular weight is 494 g/mol. The Balaban J connectivity index is 1.46. The molecule has 0 N–H and O–H groups in total. The Labute approximate surface area is 205 Å². The van der Waals surface area contributed by atoms with Gasteiger partial charge in [0.25, 0.3) is 5.91 Å². The fourth-order valence-electron chi connectivity index (χ4n) is 3.92. The lowest BCUT2D eigenvalue weighted by Gasteiger charge is -2.22. The summed E-state index contributed by atoms with van der Waals surface area (Å²) in [5, 5.41) is 0. The van der Waals surface area contributed by atoms with Crippen molar-refractivity contribution in [1.29, 1.82) is 0 Å². The van der Waals surface area contributed by atoms with Crippen LogP contribution in [0.25, 0.3) is 0 Å². The molecule has 1 heterocycles. The minimum atomic E-state index is -3.53. The monoisotopic (exact) mass is 493 g/mol. The first kappa shape index (κ1) is 24.4. The first-order chi connectivity index (χ1) is 16.8. The molecule has 8 nitrogen and oxygen atoms in total. The molecule has 3 aromatic carbocycles. The third kappa shape index (κ3) is 5.21. The summed E-state index contributed by atoms with van der Waals surface area (Å²) in [6.45, 7) is 0.464. The van der Waals surface area contributed by atoms with Gasteiger partial charge in [-0.05, 0) is 35.4 Å². The first-order valence-corrected chi connectivity index (χ1v) is 12.6. The Morgan fingerprint density at radius 1 is 0.857 bits per heavy atom. The lowest BCUT2D eigenvalue weighted by atomic mass is 10.1. The standard InChI is InChI=1S/C26H27N3O5S/c1-27(2)35(32,33)23-15-13-22(14-16-23)34-18-17-28-25(30)24(21-11-7-4-8-12-21)29(26(28)31)19-20-9-5-3-6-10-20/h3-16,24H,17-19H2,1-2H3. The number of sulfonamides is 1. The van der Waals surface area contributed by atoms with Gasteiger partial charge in [-0.3, -0.25) is 9.69 Å². The van der Waals surface area contributed by atoms with Gasteiger partial charge in [0.2, 0.25) is 10.0 Å². The van der Waals surface area contributed by atoms with Crippen molar-refractivity contribution in [2.24, 2.45) is 0 Å². The molecular weight excluding hydrogens is 466 g/mol. The van der Waals surface area contributed by atoms with E-state index in [-0.39, 0.29) is 30.0 Å². The predicted molar refractivity (Wildman–Crippen MR) is 131 cm³/mol. The van der Waals surface area contributed by atoms with Gasteiger partial charge in [-0.1, -0.05) is 60.7 Å². The summed E-state index contributed by atoms with van der Waals surface area (Å²) >= 11 is 0. The van der Waals surface area contributed by atoms with Crippen molar-refractivity contribution in [2.45, 2.75) is 17.5 Å². The Bertz CT molecular complexity index is 1280. The van der Waals surface area contributed by atoms with E-state index < -0.39 is 16.1 Å². The van der Waals surface area contributed by atoms with Crippen LogP contribution in [0.15, 0.2) is 89.8 Å². The number of benzene rings is 3. The van der Waals surface area contributed by atoms with Crippen molar-refractivity contribution in [2.75, 3.05) is 27.2 Å². The third-order valence-electron chi connectivity index (χ3n) is 5.79. The Kier molecular flexibility index (Phi) is 7.18. The topological polar surface area (TPSA) is 87.2 Å². The molecule has 0 bridgehead atoms. The molecule has 1 aliphatic heterocycles. The van der Waals surface area contributed by atoms with E-state index in [1.165, 1.54) is 31.1 Å². The van der Waals surface area contributed by atoms with E-state index in [2.05, 4.69) is 0 Å². The number of carbonyl (C=O) groups excluding carboxylic acids is 2. The number of carbonyl (C=O) groups is 2. The maximum Gasteiger partial charge on any atom is 0.328 e. The summed E-state index contributed by atoms with van der Waals surface area (Å²) in [7, 11) is -0.600. The summed E-state index contributed by atoms with van der Waals surface area (Å²) in [6.07, 6.45) is 0. The maximum absolute atomic E-state index is 13.3. The number of imide groups is 1. The Morgan fingerprint density at radius 3 is 2.06 bits per heavy atom. The second-order valence-corrected chi connectivity index (χ2v) is 10.5. The third-order valence-corrected chi connectivity index (χ3v) is 7.61. The number of ether oxygens (including phenoxy) is 1. The molecule has 0 aliphatic carbocycles. The fraction of sp³-hybridized carbons (Fsp3) is 0.231. The molecule has 1 aliphatic rings. The van der Waals surface area contributed by atoms with E-state index in [1.807, 2.05) is 60.7 Å². The van der Waals surface area contributed by atoms with Gasteiger partial charge >= 0.3 is 6.03 Å². The quantitative estimate of drug-likeness (QED) is 0.426. The van der Waals surface area contributed by atoms with E-state index in [0.717, 1.165) is 15.4 Å². The molecule has 0 saturated carbocycles. The van der Waals surface area contributed by atoms with Crippen LogP contribution >= 0.6 is 0 Å². The van der Waals surface area contributed by atoms with Crippen LogP contribution in [0.2, 0.25) is 0 Å². The minimum absolute atomic E-state index is 0.0735. The first-order valence-electron chi connectivity index (χ1n) is 11.2. The molecule has 35 heavy (non-hydrogen) atoms. The highest BCUT2D eigenvalue weighted by molar-refractivity contribution is 7.89. The summed E-state index contributed by atoms with van der Waals surface area (Å²) in [5.74, 6) is 0.149. The molecule has 0 aromatic heterocycles. The van der Waals surface area contributed by atoms with Crippen molar-refractivity contribution in [3.05, 3.63) is 96.1 Å². The smallest absolute Gasteiger partial charge is 0.328 e. The van der Waals surface area contributed by atoms with Gasteiger partial charge < -0.3 is 9.64 Å². The van der Waals surface area contributed by atoms with Crippen LogP contribution in [0.3, 0.4) is 0 Å². The highest BCUT2D eigenvalue weighted by atomic mass is 32.2. The van der Waals surface area contributed by atoms with E-state index in [0.29, 0.717) is 12.3 Å². The molecule has 3 aromatic rings. The second kappa shape index (κ2) is 10.3. The van der Waals surface area contributed by atoms with Gasteiger partial charge in [0.1, 0.15) is 18.4 Å². The number of hydrogen-bond acceptors (Lipinski definition) is 5. The molecule has 1 unspecified atom stereocenters. The average Bonchev–Trinajstić information content (AvgIpc) is 3.09. The van der Waals surface area contributed by atoms with E-state index in [1.54, 1.807) is 17.0 Å². The van der Waals surface area contributed by atoms with Gasteiger partial charge in [-0.25, -0.2) is 17.5 Å². The summed E-state index contributed by atoms with van der Waals surface area (Å²) < 4.78 is 31.3. The molecule has 1 fully saturated rings. The molecule has 0 radical (unpaired) electrons. The molecule has 3 amide bonds. The van der Waals surface area contributed by atoms with Gasteiger partial charge in [0.05, 0.1) is 11.4 Å². The summed E-state index contributed by atoms with van der Waals surface area (Å²) in [6, 6.07) is 23.7. The van der Waals surface area contributed by atoms with E-state index in [9.17, 15) is 18.0 Å². The van der Waals surface area contributed by atoms with Gasteiger partial charge in [0.15, 0.2) is 0 Å². The zero-order chi connectivity index (χ0) is 25.0. The van der Waals surface area contributed by atoms with Crippen molar-refractivity contribution >= 4 is 22.0 Å². The normalized spacial score (nSPS) is 16.3. The zero-order valence-electron chi connectivity index (χ0n) is 19.6. The predicted octanol–water partition coefficient (Wildman–Crippen LogP) is 3.52. The van der Waals surface area contributed by atoms with Crippen molar-refractivity contribution in [3.8, 4) is 5.75 Å². The van der Waals surface area contributed by atoms with Crippen LogP contribution in [0.5, 0.6) is 5.75 Å². The minimum Gasteiger partial charge on any atom is -0.492 e. The highest BCUT2D eigenvalue weighted by Crippen LogP contribution is 2.32. The zero-order valence-corrected chi connectivity index (χ0v) is 20.4. The number of amides is 3. The lowest BCUT2D eigenvalue weighted by Crippen LogP contribution is -2.35. The van der Waals surface area contributed by atoms with Crippen LogP contribution in [-0.4, -0.2) is 61.7 Å². The number of urea groups is 1. The van der Waals surface area contributed by atoms with Crippen LogP contribution in [-0.2, 0) is 21.4 Å². The largest absolute Gasteiger partial charge is 0.492 e.